The highest BCUT2D eigenvalue weighted by Crippen LogP contribution is 2.24. The SMILES string of the molecule is O=C(c1ccccc1)N1CCC(Cc2ccccc2)C1=O. The summed E-state index contributed by atoms with van der Waals surface area (Å²) in [6.07, 6.45) is 1.45. The van der Waals surface area contributed by atoms with Crippen LogP contribution in [0.15, 0.2) is 60.7 Å². The second kappa shape index (κ2) is 5.92. The van der Waals surface area contributed by atoms with E-state index in [1.165, 1.54) is 4.90 Å². The Labute approximate surface area is 124 Å². The molecule has 3 rings (SSSR count). The summed E-state index contributed by atoms with van der Waals surface area (Å²) < 4.78 is 0. The summed E-state index contributed by atoms with van der Waals surface area (Å²) in [5, 5.41) is 0. The molecular formula is C18H17NO2. The van der Waals surface area contributed by atoms with Gasteiger partial charge in [0.15, 0.2) is 0 Å². The second-order valence-electron chi connectivity index (χ2n) is 5.34. The molecule has 1 aliphatic rings. The van der Waals surface area contributed by atoms with Gasteiger partial charge in [0.1, 0.15) is 0 Å². The van der Waals surface area contributed by atoms with E-state index in [1.807, 2.05) is 48.5 Å². The molecule has 0 aromatic heterocycles. The van der Waals surface area contributed by atoms with Gasteiger partial charge in [-0.3, -0.25) is 14.5 Å². The van der Waals surface area contributed by atoms with Gasteiger partial charge in [0.05, 0.1) is 0 Å². The summed E-state index contributed by atoms with van der Waals surface area (Å²) in [5.41, 5.74) is 1.72. The first-order chi connectivity index (χ1) is 10.3. The number of nitrogens with zero attached hydrogens (tertiary/aromatic N) is 1. The lowest BCUT2D eigenvalue weighted by atomic mass is 9.98. The number of likely N-dealkylation sites (tertiary alicyclic amines) is 1. The maximum Gasteiger partial charge on any atom is 0.260 e. The van der Waals surface area contributed by atoms with Crippen LogP contribution >= 0.6 is 0 Å². The van der Waals surface area contributed by atoms with E-state index < -0.39 is 0 Å². The molecule has 1 unspecified atom stereocenters. The fraction of sp³-hybridized carbons (Fsp3) is 0.222. The van der Waals surface area contributed by atoms with Crippen LogP contribution in [0.4, 0.5) is 0 Å². The zero-order chi connectivity index (χ0) is 14.7. The van der Waals surface area contributed by atoms with E-state index in [-0.39, 0.29) is 17.7 Å². The van der Waals surface area contributed by atoms with Gasteiger partial charge in [0.25, 0.3) is 5.91 Å². The Hall–Kier alpha value is -2.42. The normalized spacial score (nSPS) is 18.0. The Morgan fingerprint density at radius 2 is 1.62 bits per heavy atom. The summed E-state index contributed by atoms with van der Waals surface area (Å²) >= 11 is 0. The molecule has 0 N–H and O–H groups in total. The maximum absolute atomic E-state index is 12.4. The van der Waals surface area contributed by atoms with Gasteiger partial charge in [-0.25, -0.2) is 0 Å². The lowest BCUT2D eigenvalue weighted by molar-refractivity contribution is -0.128. The minimum atomic E-state index is -0.184. The average molecular weight is 279 g/mol. The highest BCUT2D eigenvalue weighted by Gasteiger charge is 2.35. The molecule has 3 nitrogen and oxygen atoms in total. The van der Waals surface area contributed by atoms with Crippen molar-refractivity contribution < 1.29 is 9.59 Å². The standard InChI is InChI=1S/C18H17NO2/c20-17(15-9-5-2-6-10-15)19-12-11-16(18(19)21)13-14-7-3-1-4-8-14/h1-10,16H,11-13H2. The van der Waals surface area contributed by atoms with Crippen molar-refractivity contribution in [1.29, 1.82) is 0 Å². The van der Waals surface area contributed by atoms with Gasteiger partial charge in [-0.05, 0) is 30.5 Å². The van der Waals surface area contributed by atoms with Crippen LogP contribution in [-0.2, 0) is 11.2 Å². The van der Waals surface area contributed by atoms with Crippen LogP contribution in [0.1, 0.15) is 22.3 Å². The molecule has 1 saturated heterocycles. The van der Waals surface area contributed by atoms with Crippen molar-refractivity contribution in [3.05, 3.63) is 71.8 Å². The van der Waals surface area contributed by atoms with Gasteiger partial charge in [0, 0.05) is 18.0 Å². The summed E-state index contributed by atoms with van der Waals surface area (Å²) in [5.74, 6) is -0.316. The minimum absolute atomic E-state index is 0.0484. The number of hydrogen-bond acceptors (Lipinski definition) is 2. The minimum Gasteiger partial charge on any atom is -0.278 e. The second-order valence-corrected chi connectivity index (χ2v) is 5.34. The van der Waals surface area contributed by atoms with Gasteiger partial charge >= 0.3 is 0 Å². The first kappa shape index (κ1) is 13.6. The van der Waals surface area contributed by atoms with Gasteiger partial charge in [0.2, 0.25) is 5.91 Å². The largest absolute Gasteiger partial charge is 0.278 e. The monoisotopic (exact) mass is 279 g/mol. The highest BCUT2D eigenvalue weighted by molar-refractivity contribution is 6.06. The predicted molar refractivity (Wildman–Crippen MR) is 80.7 cm³/mol. The Kier molecular flexibility index (Phi) is 3.82. The lowest BCUT2D eigenvalue weighted by Gasteiger charge is -2.15. The molecule has 21 heavy (non-hydrogen) atoms. The van der Waals surface area contributed by atoms with Gasteiger partial charge in [-0.15, -0.1) is 0 Å². The quantitative estimate of drug-likeness (QED) is 0.810. The van der Waals surface area contributed by atoms with Crippen LogP contribution in [0, 0.1) is 5.92 Å². The van der Waals surface area contributed by atoms with Crippen molar-refractivity contribution in [3.8, 4) is 0 Å². The summed E-state index contributed by atoms with van der Waals surface area (Å²) in [6.45, 7) is 0.518. The lowest BCUT2D eigenvalue weighted by Crippen LogP contribution is -2.34. The molecule has 1 fully saturated rings. The number of rotatable bonds is 3. The van der Waals surface area contributed by atoms with Crippen molar-refractivity contribution in [1.82, 2.24) is 4.90 Å². The fourth-order valence-electron chi connectivity index (χ4n) is 2.77. The predicted octanol–water partition coefficient (Wildman–Crippen LogP) is 2.92. The third-order valence-electron chi connectivity index (χ3n) is 3.91. The van der Waals surface area contributed by atoms with Gasteiger partial charge < -0.3 is 0 Å². The van der Waals surface area contributed by atoms with E-state index in [2.05, 4.69) is 0 Å². The Morgan fingerprint density at radius 3 is 2.29 bits per heavy atom. The van der Waals surface area contributed by atoms with Crippen molar-refractivity contribution in [3.63, 3.8) is 0 Å². The van der Waals surface area contributed by atoms with E-state index in [0.29, 0.717) is 18.5 Å². The molecule has 2 aromatic rings. The number of imide groups is 1. The molecule has 0 aliphatic carbocycles. The van der Waals surface area contributed by atoms with Crippen LogP contribution < -0.4 is 0 Å². The molecule has 1 aliphatic heterocycles. The molecule has 3 heteroatoms. The van der Waals surface area contributed by atoms with E-state index in [0.717, 1.165) is 12.0 Å². The molecule has 0 saturated carbocycles. The first-order valence-electron chi connectivity index (χ1n) is 7.20. The topological polar surface area (TPSA) is 37.4 Å². The number of carbonyl (C=O) groups is 2. The van der Waals surface area contributed by atoms with Gasteiger partial charge in [-0.1, -0.05) is 48.5 Å². The van der Waals surface area contributed by atoms with Crippen molar-refractivity contribution >= 4 is 11.8 Å². The zero-order valence-corrected chi connectivity index (χ0v) is 11.7. The number of amides is 2. The number of benzene rings is 2. The van der Waals surface area contributed by atoms with Crippen LogP contribution in [0.5, 0.6) is 0 Å². The molecule has 0 radical (unpaired) electrons. The Morgan fingerprint density at radius 1 is 1.00 bits per heavy atom. The van der Waals surface area contributed by atoms with Crippen molar-refractivity contribution in [2.24, 2.45) is 5.92 Å². The first-order valence-corrected chi connectivity index (χ1v) is 7.20. The maximum atomic E-state index is 12.4. The molecule has 2 aromatic carbocycles. The molecule has 1 heterocycles. The number of carbonyl (C=O) groups excluding carboxylic acids is 2. The molecular weight excluding hydrogens is 262 g/mol. The summed E-state index contributed by atoms with van der Waals surface area (Å²) in [4.78, 5) is 26.2. The average Bonchev–Trinajstić information content (AvgIpc) is 2.89. The van der Waals surface area contributed by atoms with E-state index >= 15 is 0 Å². The van der Waals surface area contributed by atoms with Crippen LogP contribution in [0.3, 0.4) is 0 Å². The molecule has 2 amide bonds. The summed E-state index contributed by atoms with van der Waals surface area (Å²) in [7, 11) is 0. The van der Waals surface area contributed by atoms with E-state index in [1.54, 1.807) is 12.1 Å². The Bertz CT molecular complexity index is 637. The Balaban J connectivity index is 1.71. The van der Waals surface area contributed by atoms with Gasteiger partial charge in [-0.2, -0.15) is 0 Å². The molecule has 106 valence electrons. The van der Waals surface area contributed by atoms with Crippen molar-refractivity contribution in [2.75, 3.05) is 6.54 Å². The van der Waals surface area contributed by atoms with Crippen LogP contribution in [0.2, 0.25) is 0 Å². The molecule has 0 spiro atoms. The third kappa shape index (κ3) is 2.87. The zero-order valence-electron chi connectivity index (χ0n) is 11.7. The van der Waals surface area contributed by atoms with E-state index in [4.69, 9.17) is 0 Å². The van der Waals surface area contributed by atoms with Crippen LogP contribution in [-0.4, -0.2) is 23.3 Å². The fourth-order valence-corrected chi connectivity index (χ4v) is 2.77. The third-order valence-corrected chi connectivity index (χ3v) is 3.91. The highest BCUT2D eigenvalue weighted by atomic mass is 16.2. The summed E-state index contributed by atoms with van der Waals surface area (Å²) in [6, 6.07) is 18.9. The molecule has 1 atom stereocenters. The smallest absolute Gasteiger partial charge is 0.260 e. The van der Waals surface area contributed by atoms with Crippen molar-refractivity contribution in [2.45, 2.75) is 12.8 Å². The van der Waals surface area contributed by atoms with E-state index in [9.17, 15) is 9.59 Å². The van der Waals surface area contributed by atoms with Crippen LogP contribution in [0.25, 0.3) is 0 Å². The number of hydrogen-bond donors (Lipinski definition) is 0. The molecule has 0 bridgehead atoms.